The first-order valence-electron chi connectivity index (χ1n) is 5.83. The molecule has 2 heterocycles. The molecule has 1 amide bonds. The van der Waals surface area contributed by atoms with Crippen LogP contribution in [0.25, 0.3) is 0 Å². The number of pyridine rings is 1. The van der Waals surface area contributed by atoms with Gasteiger partial charge in [-0.05, 0) is 12.5 Å². The molecule has 2 rings (SSSR count). The Balaban J connectivity index is 2.14. The SMILES string of the molecule is NNc1ncc(S(=O)(=O)NC2CCC(=O)NC2)cc1Cl. The van der Waals surface area contributed by atoms with E-state index in [9.17, 15) is 13.2 Å². The van der Waals surface area contributed by atoms with Gasteiger partial charge in [0, 0.05) is 25.2 Å². The van der Waals surface area contributed by atoms with Crippen LogP contribution in [0.2, 0.25) is 5.02 Å². The van der Waals surface area contributed by atoms with Gasteiger partial charge in [0.1, 0.15) is 4.90 Å². The van der Waals surface area contributed by atoms with Gasteiger partial charge in [-0.3, -0.25) is 4.79 Å². The predicted molar refractivity (Wildman–Crippen MR) is 73.4 cm³/mol. The van der Waals surface area contributed by atoms with Crippen LogP contribution in [0.3, 0.4) is 0 Å². The van der Waals surface area contributed by atoms with E-state index in [0.29, 0.717) is 12.8 Å². The molecule has 1 fully saturated rings. The number of hydrogen-bond donors (Lipinski definition) is 4. The fraction of sp³-hybridized carbons (Fsp3) is 0.400. The first kappa shape index (κ1) is 15.0. The van der Waals surface area contributed by atoms with Crippen LogP contribution in [-0.4, -0.2) is 31.9 Å². The van der Waals surface area contributed by atoms with E-state index in [2.05, 4.69) is 20.4 Å². The van der Waals surface area contributed by atoms with Crippen LogP contribution in [0.5, 0.6) is 0 Å². The summed E-state index contributed by atoms with van der Waals surface area (Å²) in [6.07, 6.45) is 1.90. The van der Waals surface area contributed by atoms with Crippen LogP contribution in [-0.2, 0) is 14.8 Å². The first-order chi connectivity index (χ1) is 9.42. The lowest BCUT2D eigenvalue weighted by atomic mass is 10.1. The average Bonchev–Trinajstić information content (AvgIpc) is 2.41. The Kier molecular flexibility index (Phi) is 4.43. The predicted octanol–water partition coefficient (Wildman–Crippen LogP) is -0.422. The van der Waals surface area contributed by atoms with Gasteiger partial charge in [-0.15, -0.1) is 0 Å². The molecule has 0 radical (unpaired) electrons. The van der Waals surface area contributed by atoms with Gasteiger partial charge in [-0.25, -0.2) is 24.0 Å². The van der Waals surface area contributed by atoms with E-state index in [4.69, 9.17) is 17.4 Å². The second-order valence-electron chi connectivity index (χ2n) is 4.31. The van der Waals surface area contributed by atoms with Crippen molar-refractivity contribution in [2.45, 2.75) is 23.8 Å². The summed E-state index contributed by atoms with van der Waals surface area (Å²) in [4.78, 5) is 14.8. The van der Waals surface area contributed by atoms with E-state index in [1.54, 1.807) is 0 Å². The van der Waals surface area contributed by atoms with Crippen LogP contribution in [0, 0.1) is 0 Å². The van der Waals surface area contributed by atoms with Crippen LogP contribution >= 0.6 is 11.6 Å². The van der Waals surface area contributed by atoms with Crippen LogP contribution in [0.4, 0.5) is 5.82 Å². The van der Waals surface area contributed by atoms with Crippen LogP contribution < -0.4 is 21.3 Å². The fourth-order valence-corrected chi connectivity index (χ4v) is 3.32. The number of amides is 1. The highest BCUT2D eigenvalue weighted by Gasteiger charge is 2.24. The summed E-state index contributed by atoms with van der Waals surface area (Å²) in [6, 6.07) is 0.914. The van der Waals surface area contributed by atoms with E-state index in [1.165, 1.54) is 6.07 Å². The molecule has 0 bridgehead atoms. The number of rotatable bonds is 4. The Hall–Kier alpha value is -1.42. The van der Waals surface area contributed by atoms with E-state index in [-0.39, 0.29) is 34.2 Å². The topological polar surface area (TPSA) is 126 Å². The molecule has 0 aliphatic carbocycles. The third-order valence-electron chi connectivity index (χ3n) is 2.85. The highest BCUT2D eigenvalue weighted by atomic mass is 35.5. The number of sulfonamides is 1. The smallest absolute Gasteiger partial charge is 0.242 e. The van der Waals surface area contributed by atoms with Crippen molar-refractivity contribution in [1.29, 1.82) is 0 Å². The lowest BCUT2D eigenvalue weighted by Crippen LogP contribution is -2.47. The molecule has 1 atom stereocenters. The molecule has 0 spiro atoms. The van der Waals surface area contributed by atoms with Gasteiger partial charge in [0.25, 0.3) is 0 Å². The summed E-state index contributed by atoms with van der Waals surface area (Å²) in [6.45, 7) is 0.266. The quantitative estimate of drug-likeness (QED) is 0.441. The molecule has 110 valence electrons. The zero-order valence-electron chi connectivity index (χ0n) is 10.4. The van der Waals surface area contributed by atoms with Gasteiger partial charge in [0.2, 0.25) is 15.9 Å². The van der Waals surface area contributed by atoms with Crippen molar-refractivity contribution >= 4 is 33.3 Å². The second-order valence-corrected chi connectivity index (χ2v) is 6.43. The second kappa shape index (κ2) is 5.92. The highest BCUT2D eigenvalue weighted by Crippen LogP contribution is 2.22. The standard InChI is InChI=1S/C10H14ClN5O3S/c11-8-3-7(5-14-10(8)15-12)20(18,19)16-6-1-2-9(17)13-4-6/h3,5-6,16H,1-2,4,12H2,(H,13,17)(H,14,15). The van der Waals surface area contributed by atoms with Crippen molar-refractivity contribution < 1.29 is 13.2 Å². The molecule has 1 aliphatic heterocycles. The summed E-state index contributed by atoms with van der Waals surface area (Å²) in [5, 5.41) is 2.71. The zero-order valence-corrected chi connectivity index (χ0v) is 12.0. The molecule has 1 unspecified atom stereocenters. The van der Waals surface area contributed by atoms with E-state index >= 15 is 0 Å². The molecule has 20 heavy (non-hydrogen) atoms. The minimum absolute atomic E-state index is 0.0570. The minimum Gasteiger partial charge on any atom is -0.355 e. The maximum atomic E-state index is 12.2. The Morgan fingerprint density at radius 2 is 2.25 bits per heavy atom. The highest BCUT2D eigenvalue weighted by molar-refractivity contribution is 7.89. The van der Waals surface area contributed by atoms with Crippen LogP contribution in [0.1, 0.15) is 12.8 Å². The van der Waals surface area contributed by atoms with Crippen molar-refractivity contribution in [2.75, 3.05) is 12.0 Å². The molecule has 1 aromatic rings. The van der Waals surface area contributed by atoms with E-state index in [0.717, 1.165) is 6.20 Å². The van der Waals surface area contributed by atoms with Gasteiger partial charge >= 0.3 is 0 Å². The number of carbonyl (C=O) groups excluding carboxylic acids is 1. The summed E-state index contributed by atoms with van der Waals surface area (Å²) in [5.74, 6) is 5.28. The molecule has 0 saturated carbocycles. The zero-order chi connectivity index (χ0) is 14.8. The third-order valence-corrected chi connectivity index (χ3v) is 4.63. The normalized spacial score (nSPS) is 19.5. The summed E-state index contributed by atoms with van der Waals surface area (Å²) < 4.78 is 26.8. The number of nitrogen functional groups attached to an aromatic ring is 1. The number of carbonyl (C=O) groups is 1. The van der Waals surface area contributed by atoms with Crippen LogP contribution in [0.15, 0.2) is 17.2 Å². The lowest BCUT2D eigenvalue weighted by Gasteiger charge is -2.23. The lowest BCUT2D eigenvalue weighted by molar-refractivity contribution is -0.122. The van der Waals surface area contributed by atoms with E-state index < -0.39 is 10.0 Å². The first-order valence-corrected chi connectivity index (χ1v) is 7.69. The number of nitrogens with zero attached hydrogens (tertiary/aromatic N) is 1. The Labute approximate surface area is 121 Å². The summed E-state index contributed by atoms with van der Waals surface area (Å²) >= 11 is 5.84. The molecule has 1 saturated heterocycles. The number of hydrazine groups is 1. The maximum absolute atomic E-state index is 12.2. The molecular formula is C10H14ClN5O3S. The van der Waals surface area contributed by atoms with Crippen molar-refractivity contribution in [2.24, 2.45) is 5.84 Å². The van der Waals surface area contributed by atoms with Gasteiger partial charge in [0.15, 0.2) is 5.82 Å². The molecule has 10 heteroatoms. The minimum atomic E-state index is -3.74. The number of aromatic nitrogens is 1. The molecule has 8 nitrogen and oxygen atoms in total. The van der Waals surface area contributed by atoms with Crippen molar-refractivity contribution in [3.63, 3.8) is 0 Å². The molecule has 1 aliphatic rings. The van der Waals surface area contributed by atoms with E-state index in [1.807, 2.05) is 0 Å². The number of hydrogen-bond acceptors (Lipinski definition) is 6. The fourth-order valence-electron chi connectivity index (χ4n) is 1.79. The van der Waals surface area contributed by atoms with Crippen molar-refractivity contribution in [3.05, 3.63) is 17.3 Å². The number of halogens is 1. The molecule has 5 N–H and O–H groups in total. The molecule has 1 aromatic heterocycles. The van der Waals surface area contributed by atoms with Gasteiger partial charge < -0.3 is 10.7 Å². The third kappa shape index (κ3) is 3.37. The maximum Gasteiger partial charge on any atom is 0.242 e. The summed E-state index contributed by atoms with van der Waals surface area (Å²) in [7, 11) is -3.74. The Morgan fingerprint density at radius 1 is 1.50 bits per heavy atom. The Bertz CT molecular complexity index is 611. The summed E-state index contributed by atoms with van der Waals surface area (Å²) in [5.41, 5.74) is 2.25. The van der Waals surface area contributed by atoms with Crippen molar-refractivity contribution in [3.8, 4) is 0 Å². The van der Waals surface area contributed by atoms with Gasteiger partial charge in [-0.2, -0.15) is 0 Å². The monoisotopic (exact) mass is 319 g/mol. The average molecular weight is 320 g/mol. The number of anilines is 1. The number of nitrogens with one attached hydrogen (secondary N) is 3. The Morgan fingerprint density at radius 3 is 2.80 bits per heavy atom. The molecule has 0 aromatic carbocycles. The van der Waals surface area contributed by atoms with Crippen molar-refractivity contribution in [1.82, 2.24) is 15.0 Å². The molecular weight excluding hydrogens is 306 g/mol. The number of nitrogens with two attached hydrogens (primary N) is 1. The number of piperidine rings is 1. The van der Waals surface area contributed by atoms with Gasteiger partial charge in [-0.1, -0.05) is 11.6 Å². The van der Waals surface area contributed by atoms with Gasteiger partial charge in [0.05, 0.1) is 5.02 Å². The largest absolute Gasteiger partial charge is 0.355 e.